The zero-order valence-corrected chi connectivity index (χ0v) is 51.4. The first-order chi connectivity index (χ1) is 42.2. The van der Waals surface area contributed by atoms with Gasteiger partial charge in [-0.05, 0) is 99.9 Å². The van der Waals surface area contributed by atoms with Crippen molar-refractivity contribution < 1.29 is 57.2 Å². The molecule has 4 aliphatic rings. The predicted octanol–water partition coefficient (Wildman–Crippen LogP) is 2.90. The number of likely N-dealkylation sites (tertiary alicyclic amines) is 2. The Morgan fingerprint density at radius 3 is 1.38 bits per heavy atom. The van der Waals surface area contributed by atoms with Crippen LogP contribution in [0.25, 0.3) is 0 Å². The zero-order chi connectivity index (χ0) is 62.9. The molecular formula is C60H74Cl2N14O12. The van der Waals surface area contributed by atoms with Gasteiger partial charge in [0.25, 0.3) is 0 Å². The second kappa shape index (κ2) is 28.5. The molecule has 0 aliphatic carbocycles. The van der Waals surface area contributed by atoms with E-state index in [2.05, 4.69) is 31.3 Å². The summed E-state index contributed by atoms with van der Waals surface area (Å²) in [6.07, 6.45) is 4.35. The van der Waals surface area contributed by atoms with Crippen molar-refractivity contribution in [3.63, 3.8) is 0 Å². The third-order valence-corrected chi connectivity index (χ3v) is 16.3. The van der Waals surface area contributed by atoms with Gasteiger partial charge in [0.15, 0.2) is 11.1 Å². The third-order valence-electron chi connectivity index (χ3n) is 15.9. The zero-order valence-electron chi connectivity index (χ0n) is 49.9. The number of ether oxygens (including phenoxy) is 6. The monoisotopic (exact) mass is 1250 g/mol. The van der Waals surface area contributed by atoms with Crippen molar-refractivity contribution >= 4 is 70.6 Å². The number of hydrogen-bond donors (Lipinski definition) is 4. The van der Waals surface area contributed by atoms with Gasteiger partial charge in [-0.3, -0.25) is 19.2 Å². The Balaban J connectivity index is 0.779. The summed E-state index contributed by atoms with van der Waals surface area (Å²) in [6, 6.07) is 16.7. The van der Waals surface area contributed by atoms with Crippen molar-refractivity contribution in [3.05, 3.63) is 129 Å². The van der Waals surface area contributed by atoms with E-state index in [9.17, 15) is 28.8 Å². The first-order valence-electron chi connectivity index (χ1n) is 29.1. The van der Waals surface area contributed by atoms with E-state index in [0.29, 0.717) is 73.3 Å². The number of halogens is 2. The molecule has 6 N–H and O–H groups in total. The van der Waals surface area contributed by atoms with Gasteiger partial charge in [0.2, 0.25) is 35.4 Å². The molecule has 4 amide bonds. The van der Waals surface area contributed by atoms with Gasteiger partial charge in [-0.25, -0.2) is 28.9 Å². The van der Waals surface area contributed by atoms with Crippen LogP contribution in [-0.2, 0) is 96.3 Å². The van der Waals surface area contributed by atoms with Crippen molar-refractivity contribution in [2.24, 2.45) is 21.5 Å². The van der Waals surface area contributed by atoms with E-state index in [1.807, 2.05) is 36.4 Å². The minimum absolute atomic E-state index is 0.0327. The first-order valence-corrected chi connectivity index (χ1v) is 29.8. The molecule has 0 unspecified atom stereocenters. The first kappa shape index (κ1) is 64.6. The number of nitrogens with one attached hydrogen (secondary N) is 2. The molecule has 28 heteroatoms. The molecule has 88 heavy (non-hydrogen) atoms. The lowest BCUT2D eigenvalue weighted by Crippen LogP contribution is -2.58. The van der Waals surface area contributed by atoms with E-state index in [0.717, 1.165) is 22.3 Å². The summed E-state index contributed by atoms with van der Waals surface area (Å²) < 4.78 is 38.3. The van der Waals surface area contributed by atoms with Crippen molar-refractivity contribution in [1.29, 1.82) is 0 Å². The van der Waals surface area contributed by atoms with Crippen LogP contribution in [0.15, 0.2) is 95.2 Å². The number of amides is 4. The van der Waals surface area contributed by atoms with Gasteiger partial charge in [0.05, 0.1) is 77.2 Å². The van der Waals surface area contributed by atoms with Gasteiger partial charge in [0, 0.05) is 36.0 Å². The maximum Gasteiger partial charge on any atom is 0.337 e. The van der Waals surface area contributed by atoms with E-state index >= 15 is 0 Å². The Bertz CT molecular complexity index is 3180. The summed E-state index contributed by atoms with van der Waals surface area (Å²) >= 11 is 12.5. The maximum absolute atomic E-state index is 14.5. The summed E-state index contributed by atoms with van der Waals surface area (Å²) in [5, 5.41) is 23.8. The second-order valence-corrected chi connectivity index (χ2v) is 23.6. The number of hydrogen-bond acceptors (Lipinski definition) is 20. The summed E-state index contributed by atoms with van der Waals surface area (Å²) in [5.41, 5.74) is 13.5. The lowest BCUT2D eigenvalue weighted by Gasteiger charge is -2.32. The van der Waals surface area contributed by atoms with Crippen molar-refractivity contribution in [2.75, 3.05) is 40.5 Å². The molecule has 2 fully saturated rings. The summed E-state index contributed by atoms with van der Waals surface area (Å²) in [7, 11) is 2.58. The Morgan fingerprint density at radius 1 is 0.614 bits per heavy atom. The maximum atomic E-state index is 14.5. The molecule has 9 rings (SSSR count). The normalized spacial score (nSPS) is 21.9. The van der Waals surface area contributed by atoms with E-state index in [4.69, 9.17) is 73.1 Å². The fourth-order valence-electron chi connectivity index (χ4n) is 11.1. The van der Waals surface area contributed by atoms with Crippen LogP contribution in [0.5, 0.6) is 0 Å². The van der Waals surface area contributed by atoms with Crippen LogP contribution >= 0.6 is 23.2 Å². The van der Waals surface area contributed by atoms with Crippen LogP contribution in [0.1, 0.15) is 87.0 Å². The van der Waals surface area contributed by atoms with Crippen molar-refractivity contribution in [1.82, 2.24) is 50.4 Å². The third kappa shape index (κ3) is 15.3. The number of nitrogens with zero attached hydrogens (tertiary/aromatic N) is 10. The van der Waals surface area contributed by atoms with E-state index < -0.39 is 95.1 Å². The van der Waals surface area contributed by atoms with E-state index in [1.165, 1.54) is 28.1 Å². The fourth-order valence-corrected chi connectivity index (χ4v) is 11.6. The molecule has 5 aromatic rings. The number of carbonyl (C=O) groups is 6. The number of rotatable bonds is 26. The fraction of sp³-hybridized carbons (Fsp3) is 0.500. The van der Waals surface area contributed by atoms with Gasteiger partial charge in [-0.15, -0.1) is 10.2 Å². The molecular weight excluding hydrogens is 1180 g/mol. The summed E-state index contributed by atoms with van der Waals surface area (Å²) in [5.74, 6) is -2.66. The quantitative estimate of drug-likeness (QED) is 0.0578. The van der Waals surface area contributed by atoms with Gasteiger partial charge in [-0.2, -0.15) is 0 Å². The number of carbonyl (C=O) groups excluding carboxylic acids is 6. The Kier molecular flexibility index (Phi) is 20.9. The van der Waals surface area contributed by atoms with Crippen molar-refractivity contribution in [3.8, 4) is 0 Å². The van der Waals surface area contributed by atoms with Crippen LogP contribution in [0.2, 0.25) is 10.0 Å². The molecule has 470 valence electrons. The molecule has 10 atom stereocenters. The number of methoxy groups -OCH3 is 2. The van der Waals surface area contributed by atoms with Crippen LogP contribution in [0, 0.1) is 0 Å². The number of nitrogens with two attached hydrogens (primary N) is 2. The Hall–Kier alpha value is -7.88. The Labute approximate surface area is 518 Å². The average molecular weight is 1250 g/mol. The average Bonchev–Trinajstić information content (AvgIpc) is 3.03. The van der Waals surface area contributed by atoms with Gasteiger partial charge in [0.1, 0.15) is 48.8 Å². The standard InChI is InChI=1S/C60H74Cl2N14O12/c1-35(63)51(77)65-49(55(79)75-21-9-15-47(75)53-67-59(33-87-53,57(81)83-5)25-41-11-7-13-43(61)23-41)37(3)85-31-45-29-73(71-69-45)27-39-17-19-40(20-18-39)28-74-30-46(70-72-74)32-86-38(4)50(66-52(78)36(2)64)56(80)76-22-10-16-48(76)54-68-60(34-88-54,58(82)84-6)26-42-12-8-14-44(62)24-42/h7-8,11-14,17-20,23-24,29-30,35-38,47-50H,9-10,15-16,21-22,25-28,31-34,63-64H2,1-6H3,(H,65,77)(H,66,78)/t35-,36-,37+,38+,47-,48-,49-,50-,59+,60+/m0/s1. The lowest BCUT2D eigenvalue weighted by atomic mass is 9.92. The van der Waals surface area contributed by atoms with Crippen LogP contribution < -0.4 is 22.1 Å². The number of benzene rings is 3. The molecule has 2 saturated heterocycles. The largest absolute Gasteiger partial charge is 0.476 e. The molecule has 0 radical (unpaired) electrons. The number of aliphatic imine (C=N–C) groups is 2. The van der Waals surface area contributed by atoms with Crippen LogP contribution in [-0.4, -0.2) is 187 Å². The molecule has 2 aromatic heterocycles. The van der Waals surface area contributed by atoms with Crippen LogP contribution in [0.3, 0.4) is 0 Å². The molecule has 0 saturated carbocycles. The molecule has 0 bridgehead atoms. The highest BCUT2D eigenvalue weighted by molar-refractivity contribution is 6.31. The van der Waals surface area contributed by atoms with Gasteiger partial charge >= 0.3 is 11.9 Å². The summed E-state index contributed by atoms with van der Waals surface area (Å²) in [4.78, 5) is 94.5. The minimum Gasteiger partial charge on any atom is -0.476 e. The lowest BCUT2D eigenvalue weighted by molar-refractivity contribution is -0.148. The smallest absolute Gasteiger partial charge is 0.337 e. The van der Waals surface area contributed by atoms with E-state index in [-0.39, 0.29) is 51.1 Å². The minimum atomic E-state index is -1.39. The van der Waals surface area contributed by atoms with Crippen molar-refractivity contribution in [2.45, 2.75) is 152 Å². The van der Waals surface area contributed by atoms with E-state index in [1.54, 1.807) is 81.8 Å². The Morgan fingerprint density at radius 2 is 1.01 bits per heavy atom. The highest BCUT2D eigenvalue weighted by atomic mass is 35.5. The highest BCUT2D eigenvalue weighted by Gasteiger charge is 2.51. The number of aromatic nitrogens is 6. The highest BCUT2D eigenvalue weighted by Crippen LogP contribution is 2.34. The predicted molar refractivity (Wildman–Crippen MR) is 320 cm³/mol. The molecule has 0 spiro atoms. The molecule has 6 heterocycles. The molecule has 3 aromatic carbocycles. The SMILES string of the molecule is COC(=O)[C@@]1(Cc2cccc(Cl)c2)COC([C@@H]2CCCN2C(=O)[C@@H](NC(=O)[C@H](C)N)[C@@H](C)OCc2cn(Cc3ccc(Cn4cc(CO[C@H](C)[C@H](NC(=O)[C@H](C)N)C(=O)N5CCC[C@H]5C5=N[C@@](Cc6cccc(Cl)c6)(C(=O)OC)CO5)nn4)cc3)nn2)=N1. The topological polar surface area (TPSA) is 327 Å². The second-order valence-electron chi connectivity index (χ2n) is 22.7. The molecule has 26 nitrogen and oxygen atoms in total. The number of esters is 2. The van der Waals surface area contributed by atoms with Gasteiger partial charge < -0.3 is 60.3 Å². The van der Waals surface area contributed by atoms with Crippen LogP contribution in [0.4, 0.5) is 0 Å². The van der Waals surface area contributed by atoms with Gasteiger partial charge in [-0.1, -0.05) is 82.2 Å². The molecule has 4 aliphatic heterocycles. The summed E-state index contributed by atoms with van der Waals surface area (Å²) in [6.45, 7) is 7.60.